The number of aryl methyl sites for hydroxylation is 1. The summed E-state index contributed by atoms with van der Waals surface area (Å²) < 4.78 is 1.99. The van der Waals surface area contributed by atoms with Gasteiger partial charge in [-0.25, -0.2) is 0 Å². The van der Waals surface area contributed by atoms with Crippen LogP contribution in [0.15, 0.2) is 48.5 Å². The van der Waals surface area contributed by atoms with Gasteiger partial charge in [-0.3, -0.25) is 9.36 Å². The number of phenols is 1. The van der Waals surface area contributed by atoms with Crippen LogP contribution >= 0.6 is 0 Å². The molecular formula is C26H28N2O2. The summed E-state index contributed by atoms with van der Waals surface area (Å²) >= 11 is 0. The number of aromatic nitrogens is 1. The number of aromatic hydroxyl groups is 1. The summed E-state index contributed by atoms with van der Waals surface area (Å²) in [7, 11) is 0. The number of nitrogens with zero attached hydrogens (tertiary/aromatic N) is 1. The first kappa shape index (κ1) is 18.2. The largest absolute Gasteiger partial charge is 0.508 e. The van der Waals surface area contributed by atoms with Gasteiger partial charge in [-0.2, -0.15) is 0 Å². The lowest BCUT2D eigenvalue weighted by Crippen LogP contribution is -2.53. The molecule has 0 bridgehead atoms. The maximum absolute atomic E-state index is 13.6. The number of hydrogen-bond acceptors (Lipinski definition) is 3. The van der Waals surface area contributed by atoms with Gasteiger partial charge in [-0.05, 0) is 72.8 Å². The first-order valence-corrected chi connectivity index (χ1v) is 11.3. The van der Waals surface area contributed by atoms with Crippen molar-refractivity contribution in [2.24, 2.45) is 17.1 Å². The summed E-state index contributed by atoms with van der Waals surface area (Å²) in [4.78, 5) is 13.6. The molecule has 1 aromatic heterocycles. The van der Waals surface area contributed by atoms with Gasteiger partial charge in [0, 0.05) is 29.5 Å². The Hall–Kier alpha value is -2.59. The van der Waals surface area contributed by atoms with E-state index in [1.807, 2.05) is 16.7 Å². The normalized spacial score (nSPS) is 29.8. The molecular weight excluding hydrogens is 372 g/mol. The minimum Gasteiger partial charge on any atom is -0.508 e. The van der Waals surface area contributed by atoms with Crippen LogP contribution in [0.1, 0.15) is 59.6 Å². The molecule has 30 heavy (non-hydrogen) atoms. The van der Waals surface area contributed by atoms with Crippen molar-refractivity contribution in [3.05, 3.63) is 65.4 Å². The minimum atomic E-state index is -0.00491. The molecule has 1 aliphatic heterocycles. The highest BCUT2D eigenvalue weighted by atomic mass is 16.3. The number of nitrogens with two attached hydrogens (primary N) is 1. The van der Waals surface area contributed by atoms with Gasteiger partial charge in [0.1, 0.15) is 5.75 Å². The number of carbonyl (C=O) groups excluding carboxylic acids is 1. The smallest absolute Gasteiger partial charge is 0.231 e. The van der Waals surface area contributed by atoms with Gasteiger partial charge in [0.2, 0.25) is 5.91 Å². The van der Waals surface area contributed by atoms with Gasteiger partial charge < -0.3 is 10.8 Å². The number of carbonyl (C=O) groups is 1. The average Bonchev–Trinajstić information content (AvgIpc) is 3.07. The predicted molar refractivity (Wildman–Crippen MR) is 118 cm³/mol. The Kier molecular flexibility index (Phi) is 3.91. The second-order valence-corrected chi connectivity index (χ2v) is 9.72. The van der Waals surface area contributed by atoms with Gasteiger partial charge in [-0.1, -0.05) is 36.8 Å². The van der Waals surface area contributed by atoms with E-state index in [-0.39, 0.29) is 23.1 Å². The molecule has 3 N–H and O–H groups in total. The van der Waals surface area contributed by atoms with Gasteiger partial charge >= 0.3 is 0 Å². The highest BCUT2D eigenvalue weighted by molar-refractivity contribution is 5.98. The van der Waals surface area contributed by atoms with E-state index in [4.69, 9.17) is 5.73 Å². The van der Waals surface area contributed by atoms with E-state index in [1.54, 1.807) is 6.07 Å². The zero-order valence-electron chi connectivity index (χ0n) is 17.2. The van der Waals surface area contributed by atoms with Crippen molar-refractivity contribution in [2.75, 3.05) is 0 Å². The molecule has 2 heterocycles. The molecule has 2 aromatic carbocycles. The summed E-state index contributed by atoms with van der Waals surface area (Å²) in [6.07, 6.45) is 6.85. The third-order valence-corrected chi connectivity index (χ3v) is 8.19. The third kappa shape index (κ3) is 2.46. The monoisotopic (exact) mass is 400 g/mol. The zero-order chi connectivity index (χ0) is 20.5. The molecule has 1 saturated carbocycles. The van der Waals surface area contributed by atoms with Crippen molar-refractivity contribution in [1.29, 1.82) is 0 Å². The molecule has 4 atom stereocenters. The Morgan fingerprint density at radius 1 is 1.17 bits per heavy atom. The van der Waals surface area contributed by atoms with Gasteiger partial charge in [0.05, 0.1) is 5.52 Å². The highest BCUT2D eigenvalue weighted by Crippen LogP contribution is 2.61. The maximum Gasteiger partial charge on any atom is 0.231 e. The SMILES string of the molecule is N[C@@H]1Cc2c3n(c4ccc(O)cc24)C(=O)C[C@@]2(CCc4ccccc4)CCC[C@@H]1[C@@H]32. The average molecular weight is 401 g/mol. The number of benzene rings is 2. The summed E-state index contributed by atoms with van der Waals surface area (Å²) in [5, 5.41) is 11.1. The molecule has 0 unspecified atom stereocenters. The summed E-state index contributed by atoms with van der Waals surface area (Å²) in [5.74, 6) is 1.24. The molecule has 1 fully saturated rings. The zero-order valence-corrected chi connectivity index (χ0v) is 17.2. The Morgan fingerprint density at radius 3 is 2.83 bits per heavy atom. The topological polar surface area (TPSA) is 68.2 Å². The fraction of sp³-hybridized carbons (Fsp3) is 0.423. The number of phenolic OH excluding ortho intramolecular Hbond substituents is 1. The van der Waals surface area contributed by atoms with Crippen LogP contribution in [0.4, 0.5) is 0 Å². The van der Waals surface area contributed by atoms with Crippen LogP contribution in [-0.4, -0.2) is 21.6 Å². The standard InChI is InChI=1S/C26H28N2O2/c27-21-14-20-19-13-17(29)8-9-22(19)28-23(30)15-26(12-10-16-5-2-1-3-6-16)11-4-7-18(21)24(26)25(20)28/h1-3,5-6,8-9,13,18,21,24,29H,4,7,10-12,14-15,27H2/t18-,21+,24-,26-/m0/s1. The first-order valence-electron chi connectivity index (χ1n) is 11.3. The van der Waals surface area contributed by atoms with Crippen molar-refractivity contribution >= 4 is 16.8 Å². The summed E-state index contributed by atoms with van der Waals surface area (Å²) in [6.45, 7) is 0. The second-order valence-electron chi connectivity index (χ2n) is 9.72. The maximum atomic E-state index is 13.6. The number of rotatable bonds is 3. The molecule has 3 aromatic rings. The summed E-state index contributed by atoms with van der Waals surface area (Å²) in [6, 6.07) is 16.2. The van der Waals surface area contributed by atoms with Crippen molar-refractivity contribution in [2.45, 2.75) is 56.9 Å². The van der Waals surface area contributed by atoms with Crippen LogP contribution in [0.3, 0.4) is 0 Å². The Labute approximate surface area is 176 Å². The van der Waals surface area contributed by atoms with E-state index < -0.39 is 0 Å². The van der Waals surface area contributed by atoms with E-state index in [9.17, 15) is 9.90 Å². The lowest BCUT2D eigenvalue weighted by molar-refractivity contribution is 0.0301. The van der Waals surface area contributed by atoms with Crippen LogP contribution in [-0.2, 0) is 12.8 Å². The van der Waals surface area contributed by atoms with E-state index in [2.05, 4.69) is 30.3 Å². The molecule has 0 saturated heterocycles. The first-order chi connectivity index (χ1) is 14.6. The van der Waals surface area contributed by atoms with Gasteiger partial charge in [0.25, 0.3) is 0 Å². The Bertz CT molecular complexity index is 1150. The Balaban J connectivity index is 1.53. The fourth-order valence-corrected chi connectivity index (χ4v) is 6.97. The van der Waals surface area contributed by atoms with E-state index in [1.165, 1.54) is 16.8 Å². The molecule has 154 valence electrons. The van der Waals surface area contributed by atoms with Crippen LogP contribution in [0.2, 0.25) is 0 Å². The number of fused-ring (bicyclic) bond motifs is 3. The lowest BCUT2D eigenvalue weighted by Gasteiger charge is -2.54. The van der Waals surface area contributed by atoms with Crippen LogP contribution in [0.5, 0.6) is 5.75 Å². The van der Waals surface area contributed by atoms with E-state index in [0.29, 0.717) is 18.3 Å². The quantitative estimate of drug-likeness (QED) is 0.665. The molecule has 3 aliphatic rings. The van der Waals surface area contributed by atoms with Crippen LogP contribution in [0.25, 0.3) is 10.9 Å². The second kappa shape index (κ2) is 6.45. The van der Waals surface area contributed by atoms with E-state index in [0.717, 1.165) is 49.4 Å². The number of hydrogen-bond donors (Lipinski definition) is 2. The van der Waals surface area contributed by atoms with Crippen molar-refractivity contribution in [3.63, 3.8) is 0 Å². The predicted octanol–water partition coefficient (Wildman–Crippen LogP) is 4.78. The molecule has 6 rings (SSSR count). The highest BCUT2D eigenvalue weighted by Gasteiger charge is 2.55. The van der Waals surface area contributed by atoms with Crippen molar-refractivity contribution in [1.82, 2.24) is 4.57 Å². The van der Waals surface area contributed by atoms with Crippen molar-refractivity contribution < 1.29 is 9.90 Å². The molecule has 4 heteroatoms. The van der Waals surface area contributed by atoms with E-state index >= 15 is 0 Å². The lowest BCUT2D eigenvalue weighted by atomic mass is 9.52. The van der Waals surface area contributed by atoms with Crippen LogP contribution in [0, 0.1) is 11.3 Å². The minimum absolute atomic E-state index is 0.00491. The molecule has 0 spiro atoms. The van der Waals surface area contributed by atoms with Crippen molar-refractivity contribution in [3.8, 4) is 5.75 Å². The molecule has 0 radical (unpaired) electrons. The fourth-order valence-electron chi connectivity index (χ4n) is 6.97. The molecule has 0 amide bonds. The summed E-state index contributed by atoms with van der Waals surface area (Å²) in [5.41, 5.74) is 11.5. The molecule has 2 aliphatic carbocycles. The Morgan fingerprint density at radius 2 is 2.00 bits per heavy atom. The van der Waals surface area contributed by atoms with Gasteiger partial charge in [-0.15, -0.1) is 0 Å². The molecule has 4 nitrogen and oxygen atoms in total. The third-order valence-electron chi connectivity index (χ3n) is 8.19. The van der Waals surface area contributed by atoms with Crippen LogP contribution < -0.4 is 5.73 Å². The van der Waals surface area contributed by atoms with Gasteiger partial charge in [0.15, 0.2) is 0 Å².